The Kier molecular flexibility index (Phi) is 8.73. The summed E-state index contributed by atoms with van der Waals surface area (Å²) in [6.45, 7) is 8.52. The van der Waals surface area contributed by atoms with Crippen LogP contribution in [0.15, 0.2) is 0 Å². The topological polar surface area (TPSA) is 127 Å². The molecule has 0 aromatic rings. The lowest BCUT2D eigenvalue weighted by Gasteiger charge is -2.52. The Morgan fingerprint density at radius 2 is 1.62 bits per heavy atom. The highest BCUT2D eigenvalue weighted by atomic mass is 16.4. The fourth-order valence-electron chi connectivity index (χ4n) is 7.94. The number of carboxylic acid groups (broad SMARTS) is 1. The van der Waals surface area contributed by atoms with Gasteiger partial charge in [0.25, 0.3) is 0 Å². The van der Waals surface area contributed by atoms with Gasteiger partial charge in [-0.15, -0.1) is 0 Å². The van der Waals surface area contributed by atoms with Crippen molar-refractivity contribution in [3.63, 3.8) is 0 Å². The third kappa shape index (κ3) is 5.62. The zero-order valence-electron chi connectivity index (χ0n) is 21.5. The maximum atomic E-state index is 12.1. The first-order chi connectivity index (χ1) is 15.9. The quantitative estimate of drug-likeness (QED) is 0.396. The molecule has 5 N–H and O–H groups in total. The molecule has 0 saturated heterocycles. The van der Waals surface area contributed by atoms with Crippen LogP contribution < -0.4 is 5.32 Å². The average molecular weight is 482 g/mol. The van der Waals surface area contributed by atoms with Crippen molar-refractivity contribution >= 4 is 11.9 Å². The Bertz CT molecular complexity index is 730. The number of nitrogens with one attached hydrogen (secondary N) is 1. The van der Waals surface area contributed by atoms with Gasteiger partial charge in [0.05, 0.1) is 18.3 Å². The van der Waals surface area contributed by atoms with Crippen LogP contribution in [0.5, 0.6) is 0 Å². The number of amides is 1. The van der Waals surface area contributed by atoms with Crippen molar-refractivity contribution in [3.8, 4) is 0 Å². The summed E-state index contributed by atoms with van der Waals surface area (Å²) in [6.07, 6.45) is 6.19. The molecule has 3 aliphatic rings. The van der Waals surface area contributed by atoms with Gasteiger partial charge >= 0.3 is 5.97 Å². The zero-order valence-corrected chi connectivity index (χ0v) is 21.5. The summed E-state index contributed by atoms with van der Waals surface area (Å²) in [7, 11) is 0. The fourth-order valence-corrected chi connectivity index (χ4v) is 7.94. The van der Waals surface area contributed by atoms with Crippen LogP contribution in [0.3, 0.4) is 0 Å². The highest BCUT2D eigenvalue weighted by Crippen LogP contribution is 2.59. The number of aliphatic hydroxyl groups excluding tert-OH is 3. The first-order valence-electron chi connectivity index (χ1n) is 13.4. The summed E-state index contributed by atoms with van der Waals surface area (Å²) in [5, 5.41) is 44.4. The summed E-state index contributed by atoms with van der Waals surface area (Å²) in [4.78, 5) is 22.8. The molecule has 0 radical (unpaired) electrons. The number of carboxylic acids is 1. The van der Waals surface area contributed by atoms with Crippen LogP contribution in [0.25, 0.3) is 0 Å². The fraction of sp³-hybridized carbons (Fsp3) is 0.926. The van der Waals surface area contributed by atoms with Gasteiger partial charge in [0.15, 0.2) is 0 Å². The van der Waals surface area contributed by atoms with Crippen molar-refractivity contribution < 1.29 is 30.0 Å². The summed E-state index contributed by atoms with van der Waals surface area (Å²) in [5.74, 6) is -0.0781. The molecule has 10 atom stereocenters. The van der Waals surface area contributed by atoms with Gasteiger partial charge < -0.3 is 25.7 Å². The maximum absolute atomic E-state index is 12.1. The monoisotopic (exact) mass is 481 g/mol. The second-order valence-corrected chi connectivity index (χ2v) is 12.3. The average Bonchev–Trinajstić information content (AvgIpc) is 3.09. The lowest BCUT2D eigenvalue weighted by Crippen LogP contribution is -2.49. The van der Waals surface area contributed by atoms with Crippen LogP contribution in [-0.2, 0) is 9.59 Å². The van der Waals surface area contributed by atoms with Gasteiger partial charge in [-0.3, -0.25) is 9.59 Å². The molecule has 34 heavy (non-hydrogen) atoms. The van der Waals surface area contributed by atoms with E-state index in [1.165, 1.54) is 0 Å². The molecule has 7 heteroatoms. The van der Waals surface area contributed by atoms with Crippen molar-refractivity contribution in [2.75, 3.05) is 6.54 Å². The van der Waals surface area contributed by atoms with Gasteiger partial charge in [0.2, 0.25) is 5.91 Å². The van der Waals surface area contributed by atoms with Gasteiger partial charge in [0.1, 0.15) is 6.54 Å². The van der Waals surface area contributed by atoms with E-state index in [1.54, 1.807) is 0 Å². The molecule has 3 aliphatic carbocycles. The molecule has 3 fully saturated rings. The van der Waals surface area contributed by atoms with Crippen molar-refractivity contribution in [1.82, 2.24) is 5.32 Å². The summed E-state index contributed by atoms with van der Waals surface area (Å²) in [6, 6.07) is 0. The molecule has 196 valence electrons. The molecule has 3 rings (SSSR count). The van der Waals surface area contributed by atoms with Crippen LogP contribution >= 0.6 is 0 Å². The van der Waals surface area contributed by atoms with Crippen LogP contribution in [0.2, 0.25) is 0 Å². The largest absolute Gasteiger partial charge is 0.480 e. The highest BCUT2D eigenvalue weighted by molar-refractivity contribution is 5.81. The molecule has 0 spiro atoms. The van der Waals surface area contributed by atoms with Crippen LogP contribution in [-0.4, -0.2) is 57.2 Å². The third-order valence-electron chi connectivity index (χ3n) is 10.5. The molecule has 0 aromatic heterocycles. The normalized spacial score (nSPS) is 43.9. The predicted octanol–water partition coefficient (Wildman–Crippen LogP) is 3.35. The van der Waals surface area contributed by atoms with Crippen LogP contribution in [0.1, 0.15) is 91.9 Å². The number of aliphatic hydroxyl groups is 3. The molecule has 7 nitrogen and oxygen atoms in total. The minimum Gasteiger partial charge on any atom is -0.480 e. The Labute approximate surface area is 204 Å². The SMILES string of the molecule is C[C@H](CCC(=O)NCC(=O)O)[C@H]1CC[C@H]2C[C@H](O)C[C@@H]3C[C@H](O)CC[C@]3(C)[C@H](C)C[C@H](O)[C@@]21C. The van der Waals surface area contributed by atoms with Gasteiger partial charge in [0, 0.05) is 6.42 Å². The number of carbonyl (C=O) groups excluding carboxylic acids is 1. The zero-order chi connectivity index (χ0) is 25.3. The van der Waals surface area contributed by atoms with Crippen LogP contribution in [0.4, 0.5) is 0 Å². The van der Waals surface area contributed by atoms with Crippen molar-refractivity contribution in [2.24, 2.45) is 40.4 Å². The second kappa shape index (κ2) is 10.8. The molecular weight excluding hydrogens is 434 g/mol. The molecule has 0 aliphatic heterocycles. The van der Waals surface area contributed by atoms with Crippen LogP contribution in [0, 0.1) is 40.4 Å². The first kappa shape index (κ1) is 27.4. The van der Waals surface area contributed by atoms with Crippen molar-refractivity contribution in [1.29, 1.82) is 0 Å². The van der Waals surface area contributed by atoms with Gasteiger partial charge in [-0.25, -0.2) is 0 Å². The lowest BCUT2D eigenvalue weighted by atomic mass is 9.54. The Hall–Kier alpha value is -1.18. The highest BCUT2D eigenvalue weighted by Gasteiger charge is 2.55. The van der Waals surface area contributed by atoms with Gasteiger partial charge in [-0.1, -0.05) is 27.7 Å². The summed E-state index contributed by atoms with van der Waals surface area (Å²) >= 11 is 0. The second-order valence-electron chi connectivity index (χ2n) is 12.3. The number of aliphatic carboxylic acids is 1. The van der Waals surface area contributed by atoms with Crippen molar-refractivity contribution in [3.05, 3.63) is 0 Å². The molecule has 0 aromatic carbocycles. The maximum Gasteiger partial charge on any atom is 0.322 e. The number of hydrogen-bond acceptors (Lipinski definition) is 5. The Balaban J connectivity index is 1.76. The number of fused-ring (bicyclic) bond motifs is 2. The van der Waals surface area contributed by atoms with E-state index in [9.17, 15) is 24.9 Å². The standard InChI is InChI=1S/C27H47NO6/c1-16(5-8-24(32)28-15-25(33)34)22-7-6-18-12-21(30)14-19-13-20(29)9-10-26(19,3)17(2)11-23(31)27(18,22)4/h16-23,29-31H,5-15H2,1-4H3,(H,28,32)(H,33,34)/t16-,17-,18+,19+,20-,21+,22-,23+,26-,27+/m1/s1. The molecule has 0 bridgehead atoms. The smallest absolute Gasteiger partial charge is 0.322 e. The van der Waals surface area contributed by atoms with E-state index in [-0.39, 0.29) is 65.4 Å². The molecular formula is C27H47NO6. The van der Waals surface area contributed by atoms with E-state index in [2.05, 4.69) is 33.0 Å². The van der Waals surface area contributed by atoms with E-state index >= 15 is 0 Å². The third-order valence-corrected chi connectivity index (χ3v) is 10.5. The number of rotatable bonds is 6. The lowest BCUT2D eigenvalue weighted by molar-refractivity contribution is -0.138. The molecule has 0 heterocycles. The van der Waals surface area contributed by atoms with Crippen molar-refractivity contribution in [2.45, 2.75) is 110 Å². The van der Waals surface area contributed by atoms with E-state index < -0.39 is 18.2 Å². The summed E-state index contributed by atoms with van der Waals surface area (Å²) < 4.78 is 0. The summed E-state index contributed by atoms with van der Waals surface area (Å²) in [5.41, 5.74) is -0.337. The Morgan fingerprint density at radius 1 is 0.971 bits per heavy atom. The minimum absolute atomic E-state index is 0.00761. The van der Waals surface area contributed by atoms with E-state index in [0.717, 1.165) is 32.1 Å². The van der Waals surface area contributed by atoms with E-state index in [4.69, 9.17) is 5.11 Å². The molecule has 1 amide bonds. The van der Waals surface area contributed by atoms with E-state index in [1.807, 2.05) is 0 Å². The molecule has 3 saturated carbocycles. The first-order valence-corrected chi connectivity index (χ1v) is 13.4. The molecule has 0 unspecified atom stereocenters. The predicted molar refractivity (Wildman–Crippen MR) is 130 cm³/mol. The number of hydrogen-bond donors (Lipinski definition) is 5. The Morgan fingerprint density at radius 3 is 2.29 bits per heavy atom. The number of carbonyl (C=O) groups is 2. The van der Waals surface area contributed by atoms with E-state index in [0.29, 0.717) is 25.7 Å². The van der Waals surface area contributed by atoms with Gasteiger partial charge in [-0.2, -0.15) is 0 Å². The minimum atomic E-state index is -1.05. The van der Waals surface area contributed by atoms with Gasteiger partial charge in [-0.05, 0) is 98.2 Å².